The number of benzene rings is 2. The van der Waals surface area contributed by atoms with Crippen LogP contribution in [0.4, 0.5) is 11.5 Å². The molecule has 0 radical (unpaired) electrons. The third-order valence-electron chi connectivity index (χ3n) is 4.32. The zero-order valence-corrected chi connectivity index (χ0v) is 15.2. The van der Waals surface area contributed by atoms with Crippen molar-refractivity contribution in [2.24, 2.45) is 4.99 Å². The topological polar surface area (TPSA) is 82.6 Å². The summed E-state index contributed by atoms with van der Waals surface area (Å²) in [6, 6.07) is 17.8. The van der Waals surface area contributed by atoms with Gasteiger partial charge in [-0.05, 0) is 31.5 Å². The van der Waals surface area contributed by atoms with E-state index in [-0.39, 0.29) is 0 Å². The van der Waals surface area contributed by atoms with E-state index in [2.05, 4.69) is 9.97 Å². The van der Waals surface area contributed by atoms with Gasteiger partial charge in [0.2, 0.25) is 5.88 Å². The zero-order chi connectivity index (χ0) is 18.9. The predicted octanol–water partition coefficient (Wildman–Crippen LogP) is 3.93. The van der Waals surface area contributed by atoms with Crippen LogP contribution in [-0.4, -0.2) is 21.3 Å². The Labute approximate surface area is 157 Å². The summed E-state index contributed by atoms with van der Waals surface area (Å²) in [4.78, 5) is 12.9. The Kier molecular flexibility index (Phi) is 4.24. The molecule has 6 nitrogen and oxygen atoms in total. The molecule has 4 rings (SSSR count). The third kappa shape index (κ3) is 3.46. The fourth-order valence-corrected chi connectivity index (χ4v) is 2.98. The molecule has 0 atom stereocenters. The maximum Gasteiger partial charge on any atom is 0.246 e. The molecule has 27 heavy (non-hydrogen) atoms. The van der Waals surface area contributed by atoms with Crippen LogP contribution in [0, 0.1) is 0 Å². The van der Waals surface area contributed by atoms with Crippen molar-refractivity contribution in [1.82, 2.24) is 9.97 Å². The maximum atomic E-state index is 6.03. The van der Waals surface area contributed by atoms with E-state index in [1.165, 1.54) is 6.33 Å². The lowest BCUT2D eigenvalue weighted by Crippen LogP contribution is -2.41. The summed E-state index contributed by atoms with van der Waals surface area (Å²) in [5.41, 5.74) is 8.51. The smallest absolute Gasteiger partial charge is 0.246 e. The van der Waals surface area contributed by atoms with Gasteiger partial charge in [0.25, 0.3) is 0 Å². The predicted molar refractivity (Wildman–Crippen MR) is 105 cm³/mol. The van der Waals surface area contributed by atoms with Gasteiger partial charge in [-0.15, -0.1) is 0 Å². The van der Waals surface area contributed by atoms with Crippen LogP contribution in [0.2, 0.25) is 0 Å². The molecule has 6 heteroatoms. The van der Waals surface area contributed by atoms with Crippen molar-refractivity contribution in [3.63, 3.8) is 0 Å². The molecule has 0 bridgehead atoms. The molecule has 0 saturated heterocycles. The maximum absolute atomic E-state index is 6.03. The second-order valence-corrected chi connectivity index (χ2v) is 6.79. The molecule has 0 aliphatic carbocycles. The minimum absolute atomic E-state index is 0.296. The second kappa shape index (κ2) is 6.72. The van der Waals surface area contributed by atoms with E-state index in [4.69, 9.17) is 20.2 Å². The molecule has 0 fully saturated rings. The Bertz CT molecular complexity index is 1000. The molecule has 1 aromatic heterocycles. The molecule has 0 spiro atoms. The quantitative estimate of drug-likeness (QED) is 0.762. The van der Waals surface area contributed by atoms with E-state index < -0.39 is 5.60 Å². The van der Waals surface area contributed by atoms with Gasteiger partial charge in [0.15, 0.2) is 11.5 Å². The van der Waals surface area contributed by atoms with Crippen LogP contribution in [0.5, 0.6) is 11.6 Å². The monoisotopic (exact) mass is 360 g/mol. The molecule has 136 valence electrons. The molecular formula is C21H20N4O2. The first-order valence-corrected chi connectivity index (χ1v) is 8.69. The van der Waals surface area contributed by atoms with Gasteiger partial charge < -0.3 is 15.2 Å². The van der Waals surface area contributed by atoms with Crippen molar-refractivity contribution >= 4 is 17.2 Å². The average Bonchev–Trinajstić information content (AvgIpc) is 2.66. The Morgan fingerprint density at radius 2 is 1.85 bits per heavy atom. The number of anilines is 1. The highest BCUT2D eigenvalue weighted by molar-refractivity contribution is 6.09. The highest BCUT2D eigenvalue weighted by Gasteiger charge is 2.35. The molecule has 0 unspecified atom stereocenters. The number of nitrogens with zero attached hydrogens (tertiary/aromatic N) is 3. The normalized spacial score (nSPS) is 14.7. The van der Waals surface area contributed by atoms with E-state index in [9.17, 15) is 0 Å². The van der Waals surface area contributed by atoms with E-state index >= 15 is 0 Å². The molecule has 0 saturated carbocycles. The zero-order valence-electron chi connectivity index (χ0n) is 15.2. The molecule has 0 amide bonds. The first-order chi connectivity index (χ1) is 13.0. The Morgan fingerprint density at radius 1 is 1.04 bits per heavy atom. The van der Waals surface area contributed by atoms with Gasteiger partial charge in [0.1, 0.15) is 24.3 Å². The van der Waals surface area contributed by atoms with E-state index in [0.717, 1.165) is 22.6 Å². The summed E-state index contributed by atoms with van der Waals surface area (Å²) in [6.07, 6.45) is 1.38. The van der Waals surface area contributed by atoms with Crippen LogP contribution in [0.25, 0.3) is 0 Å². The van der Waals surface area contributed by atoms with Crippen molar-refractivity contribution in [2.75, 3.05) is 5.73 Å². The number of aliphatic imine (C=N–C) groups is 1. The first-order valence-electron chi connectivity index (χ1n) is 8.69. The number of hydrogen-bond acceptors (Lipinski definition) is 6. The minimum atomic E-state index is -0.661. The van der Waals surface area contributed by atoms with Crippen molar-refractivity contribution in [3.05, 3.63) is 72.1 Å². The van der Waals surface area contributed by atoms with Crippen molar-refractivity contribution in [1.29, 1.82) is 0 Å². The fraction of sp³-hybridized carbons (Fsp3) is 0.190. The average molecular weight is 360 g/mol. The summed E-state index contributed by atoms with van der Waals surface area (Å²) >= 11 is 0. The van der Waals surface area contributed by atoms with Crippen LogP contribution >= 0.6 is 0 Å². The molecule has 3 aromatic rings. The van der Waals surface area contributed by atoms with Gasteiger partial charge in [-0.3, -0.25) is 0 Å². The third-order valence-corrected chi connectivity index (χ3v) is 4.32. The second-order valence-electron chi connectivity index (χ2n) is 6.79. The van der Waals surface area contributed by atoms with Crippen molar-refractivity contribution in [3.8, 4) is 11.6 Å². The van der Waals surface area contributed by atoms with Crippen molar-refractivity contribution in [2.45, 2.75) is 26.1 Å². The van der Waals surface area contributed by atoms with E-state index in [1.54, 1.807) is 0 Å². The van der Waals surface area contributed by atoms with Gasteiger partial charge in [-0.1, -0.05) is 42.5 Å². The SMILES string of the molecule is CC1(C)Oc2ncnc(N)c2N=C1c1cccc(OCc2ccccc2)c1. The van der Waals surface area contributed by atoms with Gasteiger partial charge >= 0.3 is 0 Å². The molecule has 1 aliphatic heterocycles. The Balaban J connectivity index is 1.65. The highest BCUT2D eigenvalue weighted by Crippen LogP contribution is 2.39. The summed E-state index contributed by atoms with van der Waals surface area (Å²) in [7, 11) is 0. The van der Waals surface area contributed by atoms with Crippen LogP contribution in [0.3, 0.4) is 0 Å². The lowest BCUT2D eigenvalue weighted by atomic mass is 9.94. The number of aromatic nitrogens is 2. The summed E-state index contributed by atoms with van der Waals surface area (Å²) < 4.78 is 12.0. The minimum Gasteiger partial charge on any atom is -0.489 e. The summed E-state index contributed by atoms with van der Waals surface area (Å²) in [5.74, 6) is 1.45. The lowest BCUT2D eigenvalue weighted by Gasteiger charge is -2.32. The van der Waals surface area contributed by atoms with Crippen LogP contribution in [0.15, 0.2) is 65.9 Å². The highest BCUT2D eigenvalue weighted by atomic mass is 16.5. The number of ether oxygens (including phenoxy) is 2. The van der Waals surface area contributed by atoms with Crippen molar-refractivity contribution < 1.29 is 9.47 Å². The molecule has 2 aromatic carbocycles. The number of fused-ring (bicyclic) bond motifs is 1. The van der Waals surface area contributed by atoms with E-state index in [1.807, 2.05) is 68.4 Å². The standard InChI is InChI=1S/C21H20N4O2/c1-21(2)18(25-17-19(22)23-13-24-20(17)27-21)15-9-6-10-16(11-15)26-12-14-7-4-3-5-8-14/h3-11,13H,12H2,1-2H3,(H2,22,23,24). The van der Waals surface area contributed by atoms with Crippen LogP contribution < -0.4 is 15.2 Å². The number of rotatable bonds is 4. The Hall–Kier alpha value is -3.41. The molecule has 2 heterocycles. The Morgan fingerprint density at radius 3 is 2.67 bits per heavy atom. The van der Waals surface area contributed by atoms with E-state index in [0.29, 0.717) is 24.0 Å². The first kappa shape index (κ1) is 17.0. The number of nitrogens with two attached hydrogens (primary N) is 1. The summed E-state index contributed by atoms with van der Waals surface area (Å²) in [5, 5.41) is 0. The molecular weight excluding hydrogens is 340 g/mol. The molecule has 2 N–H and O–H groups in total. The van der Waals surface area contributed by atoms with Gasteiger partial charge in [-0.25, -0.2) is 9.98 Å². The van der Waals surface area contributed by atoms with Gasteiger partial charge in [-0.2, -0.15) is 4.98 Å². The van der Waals surface area contributed by atoms with Crippen LogP contribution in [0.1, 0.15) is 25.0 Å². The van der Waals surface area contributed by atoms with Crippen LogP contribution in [-0.2, 0) is 6.61 Å². The number of hydrogen-bond donors (Lipinski definition) is 1. The number of nitrogen functional groups attached to an aromatic ring is 1. The molecule has 1 aliphatic rings. The fourth-order valence-electron chi connectivity index (χ4n) is 2.98. The summed E-state index contributed by atoms with van der Waals surface area (Å²) in [6.45, 7) is 4.40. The van der Waals surface area contributed by atoms with Gasteiger partial charge in [0.05, 0.1) is 5.71 Å². The van der Waals surface area contributed by atoms with Gasteiger partial charge in [0, 0.05) is 5.56 Å². The largest absolute Gasteiger partial charge is 0.489 e. The lowest BCUT2D eigenvalue weighted by molar-refractivity contribution is 0.171.